The first kappa shape index (κ1) is 17.3. The minimum atomic E-state index is -0.357. The van der Waals surface area contributed by atoms with E-state index < -0.39 is 0 Å². The maximum Gasteiger partial charge on any atom is 0.261 e. The van der Waals surface area contributed by atoms with Crippen molar-refractivity contribution in [3.63, 3.8) is 0 Å². The largest absolute Gasteiger partial charge is 0.494 e. The zero-order chi connectivity index (χ0) is 18.0. The van der Waals surface area contributed by atoms with Crippen molar-refractivity contribution in [1.29, 1.82) is 0 Å². The first-order chi connectivity index (χ1) is 12.1. The van der Waals surface area contributed by atoms with Gasteiger partial charge < -0.3 is 14.2 Å². The second-order valence-corrected chi connectivity index (χ2v) is 6.35. The first-order valence-corrected chi connectivity index (χ1v) is 8.43. The molecule has 1 amide bonds. The SMILES string of the molecule is COc1cccc(C(=O)Nc2nc3c(OC)ccc(Cl)c3s2)c1OC. The van der Waals surface area contributed by atoms with Gasteiger partial charge in [0.1, 0.15) is 11.3 Å². The van der Waals surface area contributed by atoms with Crippen LogP contribution in [0.1, 0.15) is 10.4 Å². The predicted octanol–water partition coefficient (Wildman–Crippen LogP) is 4.23. The average Bonchev–Trinajstić information content (AvgIpc) is 3.05. The summed E-state index contributed by atoms with van der Waals surface area (Å²) in [6.45, 7) is 0. The molecule has 0 spiro atoms. The molecule has 1 heterocycles. The number of hydrogen-bond acceptors (Lipinski definition) is 6. The molecule has 0 aliphatic carbocycles. The Balaban J connectivity index is 1.97. The molecule has 3 rings (SSSR count). The third-order valence-corrected chi connectivity index (χ3v) is 4.98. The summed E-state index contributed by atoms with van der Waals surface area (Å²) in [5.74, 6) is 1.07. The van der Waals surface area contributed by atoms with Gasteiger partial charge in [-0.05, 0) is 24.3 Å². The third kappa shape index (κ3) is 3.20. The molecule has 0 saturated carbocycles. The number of carbonyl (C=O) groups is 1. The van der Waals surface area contributed by atoms with Crippen LogP contribution in [0.5, 0.6) is 17.2 Å². The number of ether oxygens (including phenoxy) is 3. The first-order valence-electron chi connectivity index (χ1n) is 7.24. The minimum absolute atomic E-state index is 0.346. The van der Waals surface area contributed by atoms with Crippen LogP contribution >= 0.6 is 22.9 Å². The molecular weight excluding hydrogens is 364 g/mol. The number of benzene rings is 2. The Labute approximate surface area is 153 Å². The second-order valence-electron chi connectivity index (χ2n) is 4.94. The summed E-state index contributed by atoms with van der Waals surface area (Å²) in [5, 5.41) is 3.73. The summed E-state index contributed by atoms with van der Waals surface area (Å²) in [7, 11) is 4.56. The summed E-state index contributed by atoms with van der Waals surface area (Å²) in [6, 6.07) is 8.56. The van der Waals surface area contributed by atoms with Crippen LogP contribution in [0.3, 0.4) is 0 Å². The number of thiazole rings is 1. The van der Waals surface area contributed by atoms with Gasteiger partial charge in [0.2, 0.25) is 0 Å². The van der Waals surface area contributed by atoms with Gasteiger partial charge in [0.15, 0.2) is 16.6 Å². The quantitative estimate of drug-likeness (QED) is 0.719. The van der Waals surface area contributed by atoms with Crippen molar-refractivity contribution >= 4 is 44.2 Å². The molecule has 0 atom stereocenters. The van der Waals surface area contributed by atoms with Crippen LogP contribution in [0.25, 0.3) is 10.2 Å². The number of nitrogens with one attached hydrogen (secondary N) is 1. The van der Waals surface area contributed by atoms with Gasteiger partial charge in [-0.25, -0.2) is 4.98 Å². The van der Waals surface area contributed by atoms with Gasteiger partial charge >= 0.3 is 0 Å². The molecular formula is C17H15ClN2O4S. The van der Waals surface area contributed by atoms with E-state index in [-0.39, 0.29) is 5.91 Å². The Morgan fingerprint density at radius 3 is 2.52 bits per heavy atom. The van der Waals surface area contributed by atoms with E-state index in [0.717, 1.165) is 4.70 Å². The molecule has 0 unspecified atom stereocenters. The predicted molar refractivity (Wildman–Crippen MR) is 98.7 cm³/mol. The minimum Gasteiger partial charge on any atom is -0.494 e. The Bertz CT molecular complexity index is 942. The maximum atomic E-state index is 12.6. The van der Waals surface area contributed by atoms with Crippen molar-refractivity contribution in [2.75, 3.05) is 26.6 Å². The van der Waals surface area contributed by atoms with Crippen LogP contribution in [-0.4, -0.2) is 32.2 Å². The van der Waals surface area contributed by atoms with Crippen molar-refractivity contribution in [2.45, 2.75) is 0 Å². The lowest BCUT2D eigenvalue weighted by molar-refractivity contribution is 0.102. The number of methoxy groups -OCH3 is 3. The number of anilines is 1. The Hall–Kier alpha value is -2.51. The monoisotopic (exact) mass is 378 g/mol. The molecule has 0 aliphatic rings. The van der Waals surface area contributed by atoms with Gasteiger partial charge in [0.25, 0.3) is 5.91 Å². The highest BCUT2D eigenvalue weighted by Gasteiger charge is 2.19. The van der Waals surface area contributed by atoms with E-state index in [1.54, 1.807) is 37.4 Å². The van der Waals surface area contributed by atoms with Gasteiger partial charge in [-0.2, -0.15) is 0 Å². The standard InChI is InChI=1S/C17H15ClN2O4S/c1-22-11-8-7-10(18)15-13(11)19-17(25-15)20-16(21)9-5-4-6-12(23-2)14(9)24-3/h4-8H,1-3H3,(H,19,20,21). The molecule has 0 aliphatic heterocycles. The highest BCUT2D eigenvalue weighted by atomic mass is 35.5. The van der Waals surface area contributed by atoms with Crippen molar-refractivity contribution in [3.8, 4) is 17.2 Å². The van der Waals surface area contributed by atoms with Crippen LogP contribution in [0.4, 0.5) is 5.13 Å². The van der Waals surface area contributed by atoms with Gasteiger partial charge in [-0.3, -0.25) is 10.1 Å². The number of amides is 1. The Kier molecular flexibility index (Phi) is 4.96. The smallest absolute Gasteiger partial charge is 0.261 e. The van der Waals surface area contributed by atoms with E-state index in [2.05, 4.69) is 10.3 Å². The highest BCUT2D eigenvalue weighted by Crippen LogP contribution is 2.38. The van der Waals surface area contributed by atoms with E-state index in [9.17, 15) is 4.79 Å². The van der Waals surface area contributed by atoms with Crippen molar-refractivity contribution in [1.82, 2.24) is 4.98 Å². The Morgan fingerprint density at radius 2 is 1.84 bits per heavy atom. The molecule has 0 bridgehead atoms. The molecule has 6 nitrogen and oxygen atoms in total. The lowest BCUT2D eigenvalue weighted by atomic mass is 10.1. The van der Waals surface area contributed by atoms with Gasteiger partial charge in [0, 0.05) is 0 Å². The number of carbonyl (C=O) groups excluding carboxylic acids is 1. The zero-order valence-corrected chi connectivity index (χ0v) is 15.3. The number of para-hydroxylation sites is 1. The number of hydrogen-bond donors (Lipinski definition) is 1. The summed E-state index contributed by atoms with van der Waals surface area (Å²) in [4.78, 5) is 17.0. The molecule has 8 heteroatoms. The van der Waals surface area contributed by atoms with Gasteiger partial charge in [-0.15, -0.1) is 0 Å². The van der Waals surface area contributed by atoms with Crippen LogP contribution in [0, 0.1) is 0 Å². The zero-order valence-electron chi connectivity index (χ0n) is 13.8. The summed E-state index contributed by atoms with van der Waals surface area (Å²) in [6.07, 6.45) is 0. The van der Waals surface area contributed by atoms with Crippen molar-refractivity contribution in [3.05, 3.63) is 40.9 Å². The van der Waals surface area contributed by atoms with Crippen LogP contribution in [-0.2, 0) is 0 Å². The number of fused-ring (bicyclic) bond motifs is 1. The van der Waals surface area contributed by atoms with Crippen molar-refractivity contribution < 1.29 is 19.0 Å². The molecule has 130 valence electrons. The lowest BCUT2D eigenvalue weighted by Gasteiger charge is -2.11. The van der Waals surface area contributed by atoms with E-state index in [4.69, 9.17) is 25.8 Å². The molecule has 25 heavy (non-hydrogen) atoms. The topological polar surface area (TPSA) is 69.7 Å². The molecule has 2 aromatic carbocycles. The average molecular weight is 379 g/mol. The number of aromatic nitrogens is 1. The number of halogens is 1. The molecule has 1 N–H and O–H groups in total. The second kappa shape index (κ2) is 7.16. The molecule has 3 aromatic rings. The van der Waals surface area contributed by atoms with E-state index in [1.165, 1.54) is 25.6 Å². The molecule has 0 saturated heterocycles. The van der Waals surface area contributed by atoms with E-state index in [0.29, 0.717) is 38.5 Å². The Morgan fingerprint density at radius 1 is 1.08 bits per heavy atom. The number of rotatable bonds is 5. The fourth-order valence-corrected chi connectivity index (χ4v) is 3.55. The van der Waals surface area contributed by atoms with Gasteiger partial charge in [0.05, 0.1) is 36.6 Å². The number of nitrogens with zero attached hydrogens (tertiary/aromatic N) is 1. The normalized spacial score (nSPS) is 10.6. The summed E-state index contributed by atoms with van der Waals surface area (Å²) < 4.78 is 16.5. The molecule has 0 fully saturated rings. The fraction of sp³-hybridized carbons (Fsp3) is 0.176. The van der Waals surface area contributed by atoms with Crippen LogP contribution in [0.2, 0.25) is 5.02 Å². The third-order valence-electron chi connectivity index (χ3n) is 3.55. The molecule has 0 radical (unpaired) electrons. The highest BCUT2D eigenvalue weighted by molar-refractivity contribution is 7.23. The van der Waals surface area contributed by atoms with Crippen LogP contribution in [0.15, 0.2) is 30.3 Å². The van der Waals surface area contributed by atoms with Gasteiger partial charge in [-0.1, -0.05) is 29.0 Å². The summed E-state index contributed by atoms with van der Waals surface area (Å²) in [5.41, 5.74) is 0.951. The van der Waals surface area contributed by atoms with E-state index >= 15 is 0 Å². The lowest BCUT2D eigenvalue weighted by Crippen LogP contribution is -2.13. The molecule has 1 aromatic heterocycles. The summed E-state index contributed by atoms with van der Waals surface area (Å²) >= 11 is 7.48. The van der Waals surface area contributed by atoms with Crippen LogP contribution < -0.4 is 19.5 Å². The maximum absolute atomic E-state index is 12.6. The van der Waals surface area contributed by atoms with Crippen molar-refractivity contribution in [2.24, 2.45) is 0 Å². The fourth-order valence-electron chi connectivity index (χ4n) is 2.40. The van der Waals surface area contributed by atoms with E-state index in [1.807, 2.05) is 0 Å².